The van der Waals surface area contributed by atoms with Crippen molar-refractivity contribution in [3.05, 3.63) is 88.3 Å². The minimum Gasteiger partial charge on any atom is -0.497 e. The summed E-state index contributed by atoms with van der Waals surface area (Å²) < 4.78 is 6.07. The van der Waals surface area contributed by atoms with Gasteiger partial charge in [0.05, 0.1) is 18.6 Å². The number of fused-ring (bicyclic) bond motifs is 1. The second-order valence-electron chi connectivity index (χ2n) is 7.31. The van der Waals surface area contributed by atoms with Gasteiger partial charge in [-0.25, -0.2) is 0 Å². The third-order valence-corrected chi connectivity index (χ3v) is 6.74. The average molecular weight is 510 g/mol. The van der Waals surface area contributed by atoms with Crippen LogP contribution in [0.4, 0.5) is 11.4 Å². The molecule has 0 atom stereocenters. The fourth-order valence-corrected chi connectivity index (χ4v) is 4.95. The molecule has 0 spiro atoms. The van der Waals surface area contributed by atoms with Gasteiger partial charge in [0.25, 0.3) is 5.91 Å². The molecule has 0 aliphatic carbocycles. The number of amides is 2. The van der Waals surface area contributed by atoms with E-state index >= 15 is 0 Å². The van der Waals surface area contributed by atoms with E-state index in [4.69, 9.17) is 28.6 Å². The van der Waals surface area contributed by atoms with Gasteiger partial charge in [-0.15, -0.1) is 11.3 Å². The molecule has 3 aromatic carbocycles. The Morgan fingerprint density at radius 2 is 1.71 bits per heavy atom. The summed E-state index contributed by atoms with van der Waals surface area (Å²) >= 11 is 13.0. The third kappa shape index (κ3) is 5.72. The molecule has 4 aromatic rings. The smallest absolute Gasteiger partial charge is 0.269 e. The summed E-state index contributed by atoms with van der Waals surface area (Å²) in [6.07, 6.45) is 0.273. The lowest BCUT2D eigenvalue weighted by atomic mass is 10.1. The second kappa shape index (κ2) is 10.6. The molecule has 0 aliphatic rings. The number of halogens is 1. The van der Waals surface area contributed by atoms with Crippen molar-refractivity contribution < 1.29 is 14.3 Å². The number of thiocarbonyl (C=S) groups is 1. The SMILES string of the molecule is COc1ccc2c(Cl)c(C(=O)NC(=S)Nc3cccc(NC(=O)Cc4ccccc4)c3)sc2c1. The van der Waals surface area contributed by atoms with Crippen LogP contribution >= 0.6 is 35.2 Å². The Hall–Kier alpha value is -3.46. The number of rotatable bonds is 6. The van der Waals surface area contributed by atoms with Gasteiger partial charge in [0, 0.05) is 21.5 Å². The number of carbonyl (C=O) groups excluding carboxylic acids is 2. The molecule has 2 amide bonds. The van der Waals surface area contributed by atoms with Crippen LogP contribution in [0.1, 0.15) is 15.2 Å². The first-order chi connectivity index (χ1) is 16.4. The highest BCUT2D eigenvalue weighted by Gasteiger charge is 2.18. The summed E-state index contributed by atoms with van der Waals surface area (Å²) in [5.41, 5.74) is 2.16. The largest absolute Gasteiger partial charge is 0.497 e. The summed E-state index contributed by atoms with van der Waals surface area (Å²) in [5, 5.41) is 9.75. The van der Waals surface area contributed by atoms with Crippen LogP contribution < -0.4 is 20.7 Å². The van der Waals surface area contributed by atoms with Crippen molar-refractivity contribution in [1.29, 1.82) is 0 Å². The van der Waals surface area contributed by atoms with Gasteiger partial charge in [-0.05, 0) is 54.2 Å². The van der Waals surface area contributed by atoms with Crippen molar-refractivity contribution in [3.8, 4) is 5.75 Å². The van der Waals surface area contributed by atoms with Gasteiger partial charge in [0.15, 0.2) is 5.11 Å². The molecule has 6 nitrogen and oxygen atoms in total. The predicted molar refractivity (Wildman–Crippen MR) is 142 cm³/mol. The number of hydrogen-bond acceptors (Lipinski definition) is 5. The van der Waals surface area contributed by atoms with Gasteiger partial charge >= 0.3 is 0 Å². The second-order valence-corrected chi connectivity index (χ2v) is 9.15. The number of benzene rings is 3. The zero-order valence-corrected chi connectivity index (χ0v) is 20.4. The minimum atomic E-state index is -0.407. The molecule has 0 saturated heterocycles. The minimum absolute atomic E-state index is 0.115. The number of ether oxygens (including phenoxy) is 1. The van der Waals surface area contributed by atoms with Crippen LogP contribution in [0, 0.1) is 0 Å². The van der Waals surface area contributed by atoms with Crippen molar-refractivity contribution in [1.82, 2.24) is 5.32 Å². The molecule has 9 heteroatoms. The summed E-state index contributed by atoms with van der Waals surface area (Å²) in [5.74, 6) is 0.149. The lowest BCUT2D eigenvalue weighted by Crippen LogP contribution is -2.33. The van der Waals surface area contributed by atoms with Crippen LogP contribution in [-0.4, -0.2) is 24.0 Å². The van der Waals surface area contributed by atoms with Gasteiger partial charge < -0.3 is 15.4 Å². The molecule has 34 heavy (non-hydrogen) atoms. The normalized spacial score (nSPS) is 10.5. The van der Waals surface area contributed by atoms with Gasteiger partial charge in [-0.2, -0.15) is 0 Å². The summed E-state index contributed by atoms with van der Waals surface area (Å²) in [7, 11) is 1.58. The molecule has 172 valence electrons. The van der Waals surface area contributed by atoms with Gasteiger partial charge in [0.1, 0.15) is 10.6 Å². The Bertz CT molecular complexity index is 1370. The van der Waals surface area contributed by atoms with E-state index in [-0.39, 0.29) is 17.4 Å². The van der Waals surface area contributed by atoms with Crippen LogP contribution in [0.25, 0.3) is 10.1 Å². The molecule has 0 bridgehead atoms. The monoisotopic (exact) mass is 509 g/mol. The van der Waals surface area contributed by atoms with E-state index in [1.54, 1.807) is 37.4 Å². The first kappa shape index (κ1) is 23.7. The van der Waals surface area contributed by atoms with Crippen molar-refractivity contribution in [2.45, 2.75) is 6.42 Å². The Balaban J connectivity index is 1.38. The molecule has 0 saturated carbocycles. The lowest BCUT2D eigenvalue weighted by Gasteiger charge is -2.11. The fourth-order valence-electron chi connectivity index (χ4n) is 3.30. The van der Waals surface area contributed by atoms with Crippen molar-refractivity contribution in [2.75, 3.05) is 17.7 Å². The lowest BCUT2D eigenvalue weighted by molar-refractivity contribution is -0.115. The maximum Gasteiger partial charge on any atom is 0.269 e. The number of nitrogens with one attached hydrogen (secondary N) is 3. The van der Waals surface area contributed by atoms with E-state index in [2.05, 4.69) is 16.0 Å². The van der Waals surface area contributed by atoms with Gasteiger partial charge in [-0.1, -0.05) is 48.0 Å². The Kier molecular flexibility index (Phi) is 7.42. The van der Waals surface area contributed by atoms with E-state index in [9.17, 15) is 9.59 Å². The highest BCUT2D eigenvalue weighted by molar-refractivity contribution is 7.80. The van der Waals surface area contributed by atoms with Crippen molar-refractivity contribution in [2.24, 2.45) is 0 Å². The van der Waals surface area contributed by atoms with Crippen LogP contribution in [0.2, 0.25) is 5.02 Å². The molecule has 3 N–H and O–H groups in total. The third-order valence-electron chi connectivity index (χ3n) is 4.88. The maximum absolute atomic E-state index is 12.8. The molecule has 0 aliphatic heterocycles. The van der Waals surface area contributed by atoms with E-state index in [0.717, 1.165) is 15.6 Å². The molecule has 4 rings (SSSR count). The summed E-state index contributed by atoms with van der Waals surface area (Å²) in [6.45, 7) is 0. The number of thiophene rings is 1. The topological polar surface area (TPSA) is 79.5 Å². The van der Waals surface area contributed by atoms with E-state index in [0.29, 0.717) is 27.0 Å². The predicted octanol–water partition coefficient (Wildman–Crippen LogP) is 5.87. The molecular weight excluding hydrogens is 490 g/mol. The maximum atomic E-state index is 12.8. The zero-order valence-electron chi connectivity index (χ0n) is 18.1. The first-order valence-corrected chi connectivity index (χ1v) is 11.9. The first-order valence-electron chi connectivity index (χ1n) is 10.2. The van der Waals surface area contributed by atoms with E-state index in [1.165, 1.54) is 11.3 Å². The summed E-state index contributed by atoms with van der Waals surface area (Å²) in [4.78, 5) is 25.5. The number of methoxy groups -OCH3 is 1. The number of hydrogen-bond donors (Lipinski definition) is 3. The molecule has 0 unspecified atom stereocenters. The zero-order chi connectivity index (χ0) is 24.1. The summed E-state index contributed by atoms with van der Waals surface area (Å²) in [6, 6.07) is 22.0. The highest BCUT2D eigenvalue weighted by atomic mass is 35.5. The molecule has 0 radical (unpaired) electrons. The van der Waals surface area contributed by atoms with Crippen molar-refractivity contribution in [3.63, 3.8) is 0 Å². The highest BCUT2D eigenvalue weighted by Crippen LogP contribution is 2.37. The van der Waals surface area contributed by atoms with Crippen LogP contribution in [0.15, 0.2) is 72.8 Å². The molecule has 1 aromatic heterocycles. The standard InChI is InChI=1S/C25H20ClN3O3S2/c1-32-18-10-11-19-20(14-18)34-23(22(19)26)24(31)29-25(33)28-17-9-5-8-16(13-17)27-21(30)12-15-6-3-2-4-7-15/h2-11,13-14H,12H2,1H3,(H,27,30)(H2,28,29,31,33). The quantitative estimate of drug-likeness (QED) is 0.283. The van der Waals surface area contributed by atoms with Crippen LogP contribution in [0.3, 0.4) is 0 Å². The average Bonchev–Trinajstić information content (AvgIpc) is 3.15. The Labute approximate surface area is 210 Å². The van der Waals surface area contributed by atoms with Gasteiger partial charge in [0.2, 0.25) is 5.91 Å². The van der Waals surface area contributed by atoms with Crippen molar-refractivity contribution >= 4 is 73.5 Å². The Morgan fingerprint density at radius 3 is 2.44 bits per heavy atom. The van der Waals surface area contributed by atoms with E-state index < -0.39 is 5.91 Å². The van der Waals surface area contributed by atoms with Crippen LogP contribution in [-0.2, 0) is 11.2 Å². The number of carbonyl (C=O) groups is 2. The Morgan fingerprint density at radius 1 is 0.971 bits per heavy atom. The van der Waals surface area contributed by atoms with Gasteiger partial charge in [-0.3, -0.25) is 14.9 Å². The fraction of sp³-hybridized carbons (Fsp3) is 0.0800. The molecule has 1 heterocycles. The number of anilines is 2. The van der Waals surface area contributed by atoms with E-state index in [1.807, 2.05) is 42.5 Å². The van der Waals surface area contributed by atoms with Crippen LogP contribution in [0.5, 0.6) is 5.75 Å². The molecular formula is C25H20ClN3O3S2. The molecule has 0 fully saturated rings.